The van der Waals surface area contributed by atoms with Gasteiger partial charge < -0.3 is 5.32 Å². The van der Waals surface area contributed by atoms with E-state index in [0.29, 0.717) is 0 Å². The van der Waals surface area contributed by atoms with Crippen LogP contribution in [0, 0.1) is 5.92 Å². The smallest absolute Gasteiger partial charge is 0.0931 e. The third kappa shape index (κ3) is 5.43. The Bertz CT molecular complexity index is 349. The predicted molar refractivity (Wildman–Crippen MR) is 79.6 cm³/mol. The molecule has 0 spiro atoms. The normalized spacial score (nSPS) is 19.0. The summed E-state index contributed by atoms with van der Waals surface area (Å²) in [4.78, 5) is 1.38. The van der Waals surface area contributed by atoms with E-state index in [1.165, 1.54) is 24.1 Å². The summed E-state index contributed by atoms with van der Waals surface area (Å²) in [5.41, 5.74) is 0. The van der Waals surface area contributed by atoms with Crippen LogP contribution in [0.25, 0.3) is 0 Å². The van der Waals surface area contributed by atoms with Crippen LogP contribution in [0.5, 0.6) is 0 Å². The van der Waals surface area contributed by atoms with Crippen LogP contribution in [-0.4, -0.2) is 13.1 Å². The van der Waals surface area contributed by atoms with E-state index >= 15 is 0 Å². The van der Waals surface area contributed by atoms with Crippen molar-refractivity contribution in [3.05, 3.63) is 33.5 Å². The van der Waals surface area contributed by atoms with Crippen molar-refractivity contribution in [3.8, 4) is 0 Å². The minimum Gasteiger partial charge on any atom is -0.316 e. The minimum absolute atomic E-state index is 0. The lowest BCUT2D eigenvalue weighted by molar-refractivity contribution is 0.443. The van der Waals surface area contributed by atoms with E-state index in [4.69, 9.17) is 11.6 Å². The lowest BCUT2D eigenvalue weighted by Crippen LogP contribution is -2.25. The zero-order valence-electron chi connectivity index (χ0n) is 9.82. The highest BCUT2D eigenvalue weighted by atomic mass is 35.5. The van der Waals surface area contributed by atoms with Gasteiger partial charge in [0.05, 0.1) is 4.34 Å². The predicted octanol–water partition coefficient (Wildman–Crippen LogP) is 4.31. The quantitative estimate of drug-likeness (QED) is 0.630. The van der Waals surface area contributed by atoms with Crippen LogP contribution in [0.3, 0.4) is 0 Å². The van der Waals surface area contributed by atoms with E-state index in [9.17, 15) is 0 Å². The summed E-state index contributed by atoms with van der Waals surface area (Å²) in [7, 11) is 0. The van der Waals surface area contributed by atoms with Gasteiger partial charge in [0.25, 0.3) is 0 Å². The average Bonchev–Trinajstić information content (AvgIpc) is 2.72. The van der Waals surface area contributed by atoms with Crippen molar-refractivity contribution in [2.45, 2.75) is 25.7 Å². The molecule has 1 atom stereocenters. The van der Waals surface area contributed by atoms with Gasteiger partial charge in [-0.05, 0) is 56.8 Å². The number of thiophene rings is 1. The molecule has 4 heteroatoms. The number of hydrogen-bond acceptors (Lipinski definition) is 2. The Morgan fingerprint density at radius 1 is 1.35 bits per heavy atom. The van der Waals surface area contributed by atoms with Crippen molar-refractivity contribution < 1.29 is 0 Å². The molecule has 1 unspecified atom stereocenters. The first-order valence-corrected chi connectivity index (χ1v) is 7.14. The van der Waals surface area contributed by atoms with Gasteiger partial charge in [-0.1, -0.05) is 23.8 Å². The van der Waals surface area contributed by atoms with Crippen LogP contribution in [-0.2, 0) is 6.42 Å². The highest BCUT2D eigenvalue weighted by Crippen LogP contribution is 2.21. The first-order valence-electron chi connectivity index (χ1n) is 5.94. The second-order valence-electron chi connectivity index (χ2n) is 4.31. The Labute approximate surface area is 119 Å². The minimum atomic E-state index is 0. The molecule has 1 heterocycles. The van der Waals surface area contributed by atoms with Crippen LogP contribution in [0.15, 0.2) is 24.3 Å². The van der Waals surface area contributed by atoms with Gasteiger partial charge in [0.2, 0.25) is 0 Å². The third-order valence-corrected chi connectivity index (χ3v) is 4.28. The summed E-state index contributed by atoms with van der Waals surface area (Å²) in [6.07, 6.45) is 9.55. The highest BCUT2D eigenvalue weighted by Gasteiger charge is 2.08. The van der Waals surface area contributed by atoms with Crippen LogP contribution < -0.4 is 5.32 Å². The summed E-state index contributed by atoms with van der Waals surface area (Å²) in [6.45, 7) is 2.22. The molecule has 0 saturated carbocycles. The van der Waals surface area contributed by atoms with Crippen molar-refractivity contribution in [1.29, 1.82) is 0 Å². The Morgan fingerprint density at radius 3 is 2.88 bits per heavy atom. The van der Waals surface area contributed by atoms with Crippen molar-refractivity contribution >= 4 is 35.3 Å². The zero-order valence-corrected chi connectivity index (χ0v) is 12.2. The molecular weight excluding hydrogens is 273 g/mol. The van der Waals surface area contributed by atoms with Gasteiger partial charge in [0.1, 0.15) is 0 Å². The second-order valence-corrected chi connectivity index (χ2v) is 6.11. The maximum atomic E-state index is 5.89. The molecule has 0 radical (unpaired) electrons. The van der Waals surface area contributed by atoms with E-state index in [2.05, 4.69) is 23.5 Å². The topological polar surface area (TPSA) is 12.0 Å². The van der Waals surface area contributed by atoms with Crippen molar-refractivity contribution in [2.75, 3.05) is 13.1 Å². The van der Waals surface area contributed by atoms with Crippen LogP contribution in [0.1, 0.15) is 24.1 Å². The van der Waals surface area contributed by atoms with Crippen molar-refractivity contribution in [3.63, 3.8) is 0 Å². The molecule has 1 N–H and O–H groups in total. The number of halogens is 2. The Morgan fingerprint density at radius 2 is 2.24 bits per heavy atom. The van der Waals surface area contributed by atoms with Crippen LogP contribution in [0.4, 0.5) is 0 Å². The summed E-state index contributed by atoms with van der Waals surface area (Å²) in [6, 6.07) is 4.10. The molecule has 0 aliphatic heterocycles. The summed E-state index contributed by atoms with van der Waals surface area (Å²) in [5, 5.41) is 3.54. The molecule has 2 rings (SSSR count). The molecule has 17 heavy (non-hydrogen) atoms. The molecule has 1 aromatic heterocycles. The Balaban J connectivity index is 0.00000144. The molecule has 0 aromatic carbocycles. The van der Waals surface area contributed by atoms with E-state index in [1.54, 1.807) is 11.3 Å². The molecule has 0 amide bonds. The maximum Gasteiger partial charge on any atom is 0.0931 e. The summed E-state index contributed by atoms with van der Waals surface area (Å²) in [5.74, 6) is 0.844. The fourth-order valence-electron chi connectivity index (χ4n) is 2.05. The largest absolute Gasteiger partial charge is 0.316 e. The molecule has 1 aliphatic rings. The fourth-order valence-corrected chi connectivity index (χ4v) is 3.13. The van der Waals surface area contributed by atoms with Gasteiger partial charge in [-0.25, -0.2) is 0 Å². The first kappa shape index (κ1) is 15.0. The van der Waals surface area contributed by atoms with Gasteiger partial charge in [-0.3, -0.25) is 0 Å². The van der Waals surface area contributed by atoms with Gasteiger partial charge in [-0.15, -0.1) is 23.7 Å². The molecule has 0 bridgehead atoms. The zero-order chi connectivity index (χ0) is 11.2. The lowest BCUT2D eigenvalue weighted by Gasteiger charge is -2.17. The fraction of sp³-hybridized carbons (Fsp3) is 0.538. The van der Waals surface area contributed by atoms with E-state index < -0.39 is 0 Å². The van der Waals surface area contributed by atoms with Crippen molar-refractivity contribution in [1.82, 2.24) is 5.32 Å². The van der Waals surface area contributed by atoms with Crippen molar-refractivity contribution in [2.24, 2.45) is 5.92 Å². The van der Waals surface area contributed by atoms with Gasteiger partial charge >= 0.3 is 0 Å². The highest BCUT2D eigenvalue weighted by molar-refractivity contribution is 7.16. The average molecular weight is 292 g/mol. The van der Waals surface area contributed by atoms with Gasteiger partial charge in [0, 0.05) is 4.88 Å². The number of allylic oxidation sites excluding steroid dienone is 2. The van der Waals surface area contributed by atoms with Crippen LogP contribution in [0.2, 0.25) is 4.34 Å². The van der Waals surface area contributed by atoms with E-state index in [-0.39, 0.29) is 12.4 Å². The molecule has 1 aromatic rings. The third-order valence-electron chi connectivity index (χ3n) is 2.99. The monoisotopic (exact) mass is 291 g/mol. The summed E-state index contributed by atoms with van der Waals surface area (Å²) < 4.78 is 0.896. The number of hydrogen-bond donors (Lipinski definition) is 1. The van der Waals surface area contributed by atoms with E-state index in [1.807, 2.05) is 6.07 Å². The molecule has 0 fully saturated rings. The molecular formula is C13H19Cl2NS. The maximum absolute atomic E-state index is 5.89. The Kier molecular flexibility index (Phi) is 7.21. The molecule has 1 nitrogen and oxygen atoms in total. The SMILES string of the molecule is Cl.Clc1ccc(CCNCC2CC=CCC2)s1. The molecule has 96 valence electrons. The Hall–Kier alpha value is -0.0200. The van der Waals surface area contributed by atoms with Crippen LogP contribution >= 0.6 is 35.3 Å². The van der Waals surface area contributed by atoms with E-state index in [0.717, 1.165) is 29.8 Å². The number of nitrogens with one attached hydrogen (secondary N) is 1. The lowest BCUT2D eigenvalue weighted by atomic mass is 9.94. The second kappa shape index (κ2) is 8.15. The molecule has 0 saturated heterocycles. The van der Waals surface area contributed by atoms with Gasteiger partial charge in [-0.2, -0.15) is 0 Å². The molecule has 1 aliphatic carbocycles. The van der Waals surface area contributed by atoms with Gasteiger partial charge in [0.15, 0.2) is 0 Å². The first-order chi connectivity index (χ1) is 7.84. The standard InChI is InChI=1S/C13H18ClNS.ClH/c14-13-7-6-12(16-13)8-9-15-10-11-4-2-1-3-5-11;/h1-2,6-7,11,15H,3-5,8-10H2;1H. The number of rotatable bonds is 5. The summed E-state index contributed by atoms with van der Waals surface area (Å²) >= 11 is 7.57.